The van der Waals surface area contributed by atoms with E-state index in [0.29, 0.717) is 5.56 Å². The Labute approximate surface area is 120 Å². The highest BCUT2D eigenvalue weighted by molar-refractivity contribution is 6.00. The third-order valence-corrected chi connectivity index (χ3v) is 3.11. The van der Waals surface area contributed by atoms with Gasteiger partial charge in [-0.15, -0.1) is 0 Å². The van der Waals surface area contributed by atoms with Crippen LogP contribution in [0.3, 0.4) is 0 Å². The van der Waals surface area contributed by atoms with Gasteiger partial charge in [0.1, 0.15) is 0 Å². The number of unbranched alkanes of at least 4 members (excludes halogenated alkanes) is 1. The maximum absolute atomic E-state index is 12.2. The minimum absolute atomic E-state index is 0.0967. The van der Waals surface area contributed by atoms with Crippen LogP contribution in [0.25, 0.3) is 11.1 Å². The van der Waals surface area contributed by atoms with Crippen molar-refractivity contribution in [3.8, 4) is 11.1 Å². The van der Waals surface area contributed by atoms with Crippen molar-refractivity contribution in [2.24, 2.45) is 0 Å². The second-order valence-electron chi connectivity index (χ2n) is 4.65. The SMILES string of the molecule is CCCCNNC(=O)c1ccccc1-c1ccccc1. The molecule has 2 rings (SSSR count). The maximum atomic E-state index is 12.2. The monoisotopic (exact) mass is 268 g/mol. The summed E-state index contributed by atoms with van der Waals surface area (Å²) in [5.74, 6) is -0.0967. The Morgan fingerprint density at radius 1 is 1.00 bits per heavy atom. The molecule has 0 unspecified atom stereocenters. The minimum Gasteiger partial charge on any atom is -0.287 e. The predicted molar refractivity (Wildman–Crippen MR) is 82.3 cm³/mol. The van der Waals surface area contributed by atoms with E-state index in [4.69, 9.17) is 0 Å². The number of carbonyl (C=O) groups is 1. The molecule has 0 aromatic heterocycles. The molecule has 0 atom stereocenters. The number of hydrogen-bond acceptors (Lipinski definition) is 2. The Bertz CT molecular complexity index is 552. The quantitative estimate of drug-likeness (QED) is 0.623. The molecule has 0 radical (unpaired) electrons. The lowest BCUT2D eigenvalue weighted by Gasteiger charge is -2.11. The molecule has 0 saturated carbocycles. The lowest BCUT2D eigenvalue weighted by Crippen LogP contribution is -2.38. The Balaban J connectivity index is 2.14. The molecule has 0 saturated heterocycles. The van der Waals surface area contributed by atoms with Crippen molar-refractivity contribution in [2.75, 3.05) is 6.54 Å². The van der Waals surface area contributed by atoms with Gasteiger partial charge >= 0.3 is 0 Å². The second kappa shape index (κ2) is 7.46. The first-order chi connectivity index (χ1) is 9.83. The van der Waals surface area contributed by atoms with E-state index in [9.17, 15) is 4.79 Å². The normalized spacial score (nSPS) is 10.2. The van der Waals surface area contributed by atoms with Crippen molar-refractivity contribution in [1.82, 2.24) is 10.9 Å². The van der Waals surface area contributed by atoms with Crippen LogP contribution in [0.1, 0.15) is 30.1 Å². The molecule has 1 amide bonds. The molecular formula is C17H20N2O. The van der Waals surface area contributed by atoms with Crippen LogP contribution >= 0.6 is 0 Å². The van der Waals surface area contributed by atoms with E-state index in [1.807, 2.05) is 54.6 Å². The molecule has 3 nitrogen and oxygen atoms in total. The van der Waals surface area contributed by atoms with Crippen molar-refractivity contribution in [2.45, 2.75) is 19.8 Å². The van der Waals surface area contributed by atoms with Gasteiger partial charge in [0.2, 0.25) is 0 Å². The zero-order valence-electron chi connectivity index (χ0n) is 11.7. The van der Waals surface area contributed by atoms with Gasteiger partial charge in [0.25, 0.3) is 5.91 Å². The molecule has 0 aliphatic rings. The minimum atomic E-state index is -0.0967. The Kier molecular flexibility index (Phi) is 5.33. The fourth-order valence-electron chi connectivity index (χ4n) is 2.03. The van der Waals surface area contributed by atoms with Crippen molar-refractivity contribution >= 4 is 5.91 Å². The zero-order chi connectivity index (χ0) is 14.2. The fourth-order valence-corrected chi connectivity index (χ4v) is 2.03. The van der Waals surface area contributed by atoms with E-state index in [0.717, 1.165) is 30.5 Å². The summed E-state index contributed by atoms with van der Waals surface area (Å²) in [6.07, 6.45) is 2.14. The van der Waals surface area contributed by atoms with E-state index in [1.54, 1.807) is 0 Å². The van der Waals surface area contributed by atoms with E-state index >= 15 is 0 Å². The van der Waals surface area contributed by atoms with Gasteiger partial charge in [-0.05, 0) is 23.6 Å². The topological polar surface area (TPSA) is 41.1 Å². The summed E-state index contributed by atoms with van der Waals surface area (Å²) < 4.78 is 0. The van der Waals surface area contributed by atoms with Gasteiger partial charge in [0.05, 0.1) is 0 Å². The molecule has 3 heteroatoms. The summed E-state index contributed by atoms with van der Waals surface area (Å²) in [6.45, 7) is 2.91. The molecule has 0 aliphatic heterocycles. The van der Waals surface area contributed by atoms with Crippen LogP contribution in [0.5, 0.6) is 0 Å². The number of hydrogen-bond donors (Lipinski definition) is 2. The summed E-state index contributed by atoms with van der Waals surface area (Å²) in [4.78, 5) is 12.2. The molecule has 2 aromatic rings. The average molecular weight is 268 g/mol. The van der Waals surface area contributed by atoms with Crippen molar-refractivity contribution in [3.63, 3.8) is 0 Å². The predicted octanol–water partition coefficient (Wildman–Crippen LogP) is 3.39. The van der Waals surface area contributed by atoms with Gasteiger partial charge in [-0.2, -0.15) is 0 Å². The summed E-state index contributed by atoms with van der Waals surface area (Å²) in [5, 5.41) is 0. The second-order valence-corrected chi connectivity index (χ2v) is 4.65. The fraction of sp³-hybridized carbons (Fsp3) is 0.235. The lowest BCUT2D eigenvalue weighted by atomic mass is 9.99. The third-order valence-electron chi connectivity index (χ3n) is 3.11. The lowest BCUT2D eigenvalue weighted by molar-refractivity contribution is 0.0934. The van der Waals surface area contributed by atoms with Crippen LogP contribution in [-0.4, -0.2) is 12.5 Å². The molecule has 2 aromatic carbocycles. The van der Waals surface area contributed by atoms with Gasteiger partial charge < -0.3 is 0 Å². The molecule has 104 valence electrons. The average Bonchev–Trinajstić information content (AvgIpc) is 2.52. The molecule has 0 spiro atoms. The molecule has 2 N–H and O–H groups in total. The van der Waals surface area contributed by atoms with E-state index in [2.05, 4.69) is 17.8 Å². The van der Waals surface area contributed by atoms with Gasteiger partial charge in [-0.25, -0.2) is 5.43 Å². The molecule has 0 heterocycles. The zero-order valence-corrected chi connectivity index (χ0v) is 11.7. The largest absolute Gasteiger partial charge is 0.287 e. The van der Waals surface area contributed by atoms with E-state index in [-0.39, 0.29) is 5.91 Å². The van der Waals surface area contributed by atoms with Crippen molar-refractivity contribution < 1.29 is 4.79 Å². The first kappa shape index (κ1) is 14.3. The molecular weight excluding hydrogens is 248 g/mol. The number of carbonyl (C=O) groups excluding carboxylic acids is 1. The van der Waals surface area contributed by atoms with Crippen molar-refractivity contribution in [3.05, 3.63) is 60.2 Å². The standard InChI is InChI=1S/C17H20N2O/c1-2-3-13-18-19-17(20)16-12-8-7-11-15(16)14-9-5-4-6-10-14/h4-12,18H,2-3,13H2,1H3,(H,19,20). The number of amides is 1. The van der Waals surface area contributed by atoms with Crippen LogP contribution in [0.15, 0.2) is 54.6 Å². The molecule has 0 aliphatic carbocycles. The first-order valence-corrected chi connectivity index (χ1v) is 7.00. The number of hydrazine groups is 1. The maximum Gasteiger partial charge on any atom is 0.266 e. The summed E-state index contributed by atoms with van der Waals surface area (Å²) in [5.41, 5.74) is 8.40. The first-order valence-electron chi connectivity index (χ1n) is 7.00. The van der Waals surface area contributed by atoms with Gasteiger partial charge in [-0.3, -0.25) is 10.2 Å². The number of rotatable bonds is 6. The van der Waals surface area contributed by atoms with Gasteiger partial charge in [0.15, 0.2) is 0 Å². The molecule has 0 bridgehead atoms. The van der Waals surface area contributed by atoms with Crippen LogP contribution in [0.4, 0.5) is 0 Å². The molecule has 20 heavy (non-hydrogen) atoms. The number of benzene rings is 2. The van der Waals surface area contributed by atoms with Gasteiger partial charge in [-0.1, -0.05) is 61.9 Å². The third kappa shape index (κ3) is 3.68. The summed E-state index contributed by atoms with van der Waals surface area (Å²) in [7, 11) is 0. The van der Waals surface area contributed by atoms with Crippen LogP contribution in [0, 0.1) is 0 Å². The highest BCUT2D eigenvalue weighted by atomic mass is 16.2. The Morgan fingerprint density at radius 2 is 1.70 bits per heavy atom. The van der Waals surface area contributed by atoms with Crippen molar-refractivity contribution in [1.29, 1.82) is 0 Å². The summed E-state index contributed by atoms with van der Waals surface area (Å²) in [6, 6.07) is 17.6. The van der Waals surface area contributed by atoms with Gasteiger partial charge in [0, 0.05) is 12.1 Å². The Hall–Kier alpha value is -2.13. The van der Waals surface area contributed by atoms with E-state index in [1.165, 1.54) is 0 Å². The Morgan fingerprint density at radius 3 is 2.45 bits per heavy atom. The number of nitrogens with one attached hydrogen (secondary N) is 2. The van der Waals surface area contributed by atoms with Crippen LogP contribution in [-0.2, 0) is 0 Å². The molecule has 0 fully saturated rings. The summed E-state index contributed by atoms with van der Waals surface area (Å²) >= 11 is 0. The van der Waals surface area contributed by atoms with Crippen LogP contribution < -0.4 is 10.9 Å². The van der Waals surface area contributed by atoms with Crippen LogP contribution in [0.2, 0.25) is 0 Å². The smallest absolute Gasteiger partial charge is 0.266 e. The van der Waals surface area contributed by atoms with E-state index < -0.39 is 0 Å². The highest BCUT2D eigenvalue weighted by Crippen LogP contribution is 2.23. The highest BCUT2D eigenvalue weighted by Gasteiger charge is 2.11.